The summed E-state index contributed by atoms with van der Waals surface area (Å²) in [5.74, 6) is 1.15. The van der Waals surface area contributed by atoms with Gasteiger partial charge in [-0.15, -0.1) is 11.8 Å². The number of hydrogen-bond acceptors (Lipinski definition) is 5. The maximum atomic E-state index is 6.38. The maximum absolute atomic E-state index is 6.38. The van der Waals surface area contributed by atoms with Gasteiger partial charge in [0.15, 0.2) is 5.82 Å². The average Bonchev–Trinajstić information content (AvgIpc) is 2.70. The number of anilines is 3. The number of nitrogens with zero attached hydrogens (tertiary/aromatic N) is 2. The van der Waals surface area contributed by atoms with E-state index in [4.69, 9.17) is 11.6 Å². The van der Waals surface area contributed by atoms with Gasteiger partial charge in [0, 0.05) is 16.7 Å². The number of aromatic nitrogens is 2. The molecule has 0 fully saturated rings. The van der Waals surface area contributed by atoms with Crippen LogP contribution in [0.1, 0.15) is 19.4 Å². The van der Waals surface area contributed by atoms with Crippen LogP contribution in [0.4, 0.5) is 17.5 Å². The largest absolute Gasteiger partial charge is 0.350 e. The highest BCUT2D eigenvalue weighted by Crippen LogP contribution is 2.36. The summed E-state index contributed by atoms with van der Waals surface area (Å²) in [5, 5.41) is 9.03. The van der Waals surface area contributed by atoms with E-state index in [1.165, 1.54) is 15.8 Å². The number of benzene rings is 2. The molecule has 1 aromatic heterocycles. The Balaban J connectivity index is 1.81. The first-order valence-electron chi connectivity index (χ1n) is 9.48. The summed E-state index contributed by atoms with van der Waals surface area (Å²) in [5.41, 5.74) is 2.18. The van der Waals surface area contributed by atoms with Gasteiger partial charge in [0.25, 0.3) is 0 Å². The Labute approximate surface area is 183 Å². The predicted octanol–water partition coefficient (Wildman–Crippen LogP) is 6.35. The van der Waals surface area contributed by atoms with Crippen LogP contribution < -0.4 is 15.9 Å². The molecule has 1 heterocycles. The summed E-state index contributed by atoms with van der Waals surface area (Å²) in [6.45, 7) is 9.60. The number of thioether (sulfide) groups is 1. The molecule has 0 bridgehead atoms. The van der Waals surface area contributed by atoms with E-state index in [0.717, 1.165) is 5.69 Å². The van der Waals surface area contributed by atoms with E-state index in [2.05, 4.69) is 78.1 Å². The zero-order valence-electron chi connectivity index (χ0n) is 17.1. The summed E-state index contributed by atoms with van der Waals surface area (Å²) < 4.78 is 0. The summed E-state index contributed by atoms with van der Waals surface area (Å²) in [6, 6.07) is 16.8. The van der Waals surface area contributed by atoms with Gasteiger partial charge < -0.3 is 10.6 Å². The van der Waals surface area contributed by atoms with Gasteiger partial charge in [-0.3, -0.25) is 0 Å². The topological polar surface area (TPSA) is 49.8 Å². The van der Waals surface area contributed by atoms with Crippen LogP contribution in [-0.4, -0.2) is 28.5 Å². The van der Waals surface area contributed by atoms with Gasteiger partial charge in [-0.05, 0) is 36.3 Å². The van der Waals surface area contributed by atoms with Crippen LogP contribution in [0.5, 0.6) is 0 Å². The summed E-state index contributed by atoms with van der Waals surface area (Å²) >= 11 is 8.22. The third-order valence-corrected chi connectivity index (χ3v) is 6.79. The third-order valence-electron chi connectivity index (χ3n) is 4.13. The van der Waals surface area contributed by atoms with E-state index in [0.29, 0.717) is 28.6 Å². The molecule has 0 aliphatic rings. The van der Waals surface area contributed by atoms with Crippen LogP contribution in [0.15, 0.2) is 59.6 Å². The van der Waals surface area contributed by atoms with Crippen molar-refractivity contribution in [2.45, 2.75) is 30.5 Å². The summed E-state index contributed by atoms with van der Waals surface area (Å²) in [7, 11) is -0.150. The van der Waals surface area contributed by atoms with E-state index in [9.17, 15) is 0 Å². The van der Waals surface area contributed by atoms with Gasteiger partial charge in [-0.1, -0.05) is 69.8 Å². The molecule has 0 atom stereocenters. The molecular weight excluding hydrogens is 419 g/mol. The number of rotatable bonds is 8. The number of halogens is 1. The molecule has 0 amide bonds. The number of hydrogen-bond donors (Lipinski definition) is 2. The SMILES string of the molecule is CC(C)Sc1cc(P(C)C)ccc1Nc1nc(NCc2ccccc2)ncc1Cl. The van der Waals surface area contributed by atoms with Crippen LogP contribution in [0.3, 0.4) is 0 Å². The van der Waals surface area contributed by atoms with Crippen LogP contribution in [0.25, 0.3) is 0 Å². The minimum atomic E-state index is -0.150. The Bertz CT molecular complexity index is 951. The van der Waals surface area contributed by atoms with Crippen molar-refractivity contribution in [1.29, 1.82) is 0 Å². The van der Waals surface area contributed by atoms with E-state index >= 15 is 0 Å². The van der Waals surface area contributed by atoms with E-state index in [1.807, 2.05) is 30.0 Å². The third kappa shape index (κ3) is 6.33. The fourth-order valence-corrected chi connectivity index (χ4v) is 4.62. The van der Waals surface area contributed by atoms with Crippen LogP contribution in [0, 0.1) is 0 Å². The molecule has 2 N–H and O–H groups in total. The van der Waals surface area contributed by atoms with Crippen molar-refractivity contribution in [1.82, 2.24) is 9.97 Å². The van der Waals surface area contributed by atoms with E-state index in [-0.39, 0.29) is 7.92 Å². The highest BCUT2D eigenvalue weighted by atomic mass is 35.5. The van der Waals surface area contributed by atoms with Crippen molar-refractivity contribution in [2.75, 3.05) is 24.0 Å². The first-order valence-corrected chi connectivity index (χ1v) is 13.0. The Morgan fingerprint density at radius 2 is 1.86 bits per heavy atom. The molecule has 152 valence electrons. The summed E-state index contributed by atoms with van der Waals surface area (Å²) in [6.07, 6.45) is 1.63. The molecule has 0 aliphatic heterocycles. The Hall–Kier alpha value is -1.81. The molecule has 3 aromatic rings. The van der Waals surface area contributed by atoms with Gasteiger partial charge in [-0.25, -0.2) is 4.98 Å². The monoisotopic (exact) mass is 444 g/mol. The fraction of sp³-hybridized carbons (Fsp3) is 0.273. The minimum Gasteiger partial charge on any atom is -0.350 e. The normalized spacial score (nSPS) is 11.1. The Morgan fingerprint density at radius 1 is 1.10 bits per heavy atom. The summed E-state index contributed by atoms with van der Waals surface area (Å²) in [4.78, 5) is 10.1. The fourth-order valence-electron chi connectivity index (χ4n) is 2.69. The van der Waals surface area contributed by atoms with Crippen LogP contribution in [-0.2, 0) is 6.54 Å². The highest BCUT2D eigenvalue weighted by Gasteiger charge is 2.12. The predicted molar refractivity (Wildman–Crippen MR) is 130 cm³/mol. The lowest BCUT2D eigenvalue weighted by atomic mass is 10.2. The van der Waals surface area contributed by atoms with Crippen molar-refractivity contribution >= 4 is 54.0 Å². The average molecular weight is 445 g/mol. The van der Waals surface area contributed by atoms with Gasteiger partial charge in [-0.2, -0.15) is 4.98 Å². The molecule has 0 unspecified atom stereocenters. The van der Waals surface area contributed by atoms with Gasteiger partial charge >= 0.3 is 0 Å². The van der Waals surface area contributed by atoms with Crippen LogP contribution >= 0.6 is 31.3 Å². The van der Waals surface area contributed by atoms with Crippen molar-refractivity contribution in [3.8, 4) is 0 Å². The minimum absolute atomic E-state index is 0.150. The molecule has 2 aromatic carbocycles. The lowest BCUT2D eigenvalue weighted by Gasteiger charge is -2.17. The van der Waals surface area contributed by atoms with Gasteiger partial charge in [0.1, 0.15) is 5.02 Å². The molecule has 0 saturated carbocycles. The van der Waals surface area contributed by atoms with Gasteiger partial charge in [0.05, 0.1) is 11.9 Å². The molecule has 29 heavy (non-hydrogen) atoms. The standard InChI is InChI=1S/C22H26ClN4PS/c1-15(2)29-20-12-17(28(3)4)10-11-19(20)26-21-18(23)14-25-22(27-21)24-13-16-8-6-5-7-9-16/h5-12,14-15H,13H2,1-4H3,(H2,24,25,26,27). The maximum Gasteiger partial charge on any atom is 0.224 e. The second-order valence-electron chi connectivity index (χ2n) is 7.10. The molecule has 7 heteroatoms. The first kappa shape index (κ1) is 21.9. The van der Waals surface area contributed by atoms with E-state index < -0.39 is 0 Å². The lowest BCUT2D eigenvalue weighted by molar-refractivity contribution is 1.05. The molecule has 4 nitrogen and oxygen atoms in total. The second kappa shape index (κ2) is 10.3. The molecule has 0 aliphatic carbocycles. The van der Waals surface area contributed by atoms with Crippen molar-refractivity contribution < 1.29 is 0 Å². The van der Waals surface area contributed by atoms with Crippen LogP contribution in [0.2, 0.25) is 5.02 Å². The van der Waals surface area contributed by atoms with Crippen molar-refractivity contribution in [2.24, 2.45) is 0 Å². The van der Waals surface area contributed by atoms with Gasteiger partial charge in [0.2, 0.25) is 5.95 Å². The first-order chi connectivity index (χ1) is 13.9. The molecule has 0 radical (unpaired) electrons. The zero-order valence-corrected chi connectivity index (χ0v) is 19.6. The zero-order chi connectivity index (χ0) is 20.8. The highest BCUT2D eigenvalue weighted by molar-refractivity contribution is 8.00. The van der Waals surface area contributed by atoms with E-state index in [1.54, 1.807) is 6.20 Å². The molecule has 0 spiro atoms. The number of nitrogens with one attached hydrogen (secondary N) is 2. The molecule has 3 rings (SSSR count). The second-order valence-corrected chi connectivity index (χ2v) is 11.4. The van der Waals surface area contributed by atoms with Crippen molar-refractivity contribution in [3.05, 3.63) is 65.3 Å². The van der Waals surface area contributed by atoms with Crippen molar-refractivity contribution in [3.63, 3.8) is 0 Å². The smallest absolute Gasteiger partial charge is 0.224 e. The Kier molecular flexibility index (Phi) is 7.77. The molecular formula is C22H26ClN4PS. The quantitative estimate of drug-likeness (QED) is 0.313. The Morgan fingerprint density at radius 3 is 2.55 bits per heavy atom. The lowest BCUT2D eigenvalue weighted by Crippen LogP contribution is -2.07. The molecule has 0 saturated heterocycles.